The molecule has 0 unspecified atom stereocenters. The lowest BCUT2D eigenvalue weighted by molar-refractivity contribution is -0.137. The topological polar surface area (TPSA) is 84.6 Å². The third kappa shape index (κ3) is 3.24. The summed E-state index contributed by atoms with van der Waals surface area (Å²) in [5, 5.41) is 21.6. The summed E-state index contributed by atoms with van der Waals surface area (Å²) in [5.74, 6) is -0.250. The number of phenolic OH excluding ortho intramolecular Hbond substituents is 1. The van der Waals surface area contributed by atoms with Crippen molar-refractivity contribution in [1.29, 1.82) is 0 Å². The van der Waals surface area contributed by atoms with E-state index in [2.05, 4.69) is 5.10 Å². The largest absolute Gasteiger partial charge is 0.508 e. The van der Waals surface area contributed by atoms with Crippen LogP contribution in [-0.4, -0.2) is 26.0 Å². The Kier molecular flexibility index (Phi) is 3.47. The highest BCUT2D eigenvalue weighted by molar-refractivity contribution is 5.66. The number of aliphatic carboxylic acids is 1. The van der Waals surface area contributed by atoms with Crippen LogP contribution in [-0.2, 0) is 17.9 Å². The molecule has 94 valence electrons. The summed E-state index contributed by atoms with van der Waals surface area (Å²) < 4.78 is 6.72. The van der Waals surface area contributed by atoms with Gasteiger partial charge in [0, 0.05) is 0 Å². The van der Waals surface area contributed by atoms with Crippen molar-refractivity contribution in [3.63, 3.8) is 0 Å². The van der Waals surface area contributed by atoms with Gasteiger partial charge in [0.15, 0.2) is 5.75 Å². The van der Waals surface area contributed by atoms with Gasteiger partial charge < -0.3 is 14.9 Å². The molecule has 1 aromatic heterocycles. The van der Waals surface area contributed by atoms with Crippen LogP contribution in [0.1, 0.15) is 5.56 Å². The predicted octanol–water partition coefficient (Wildman–Crippen LogP) is 1.25. The number of rotatable bonds is 5. The summed E-state index contributed by atoms with van der Waals surface area (Å²) in [7, 11) is 0. The highest BCUT2D eigenvalue weighted by Gasteiger charge is 2.03. The van der Waals surface area contributed by atoms with Gasteiger partial charge in [-0.05, 0) is 17.7 Å². The van der Waals surface area contributed by atoms with Gasteiger partial charge in [-0.25, -0.2) is 0 Å². The molecule has 0 saturated heterocycles. The first-order valence-electron chi connectivity index (χ1n) is 5.28. The first-order chi connectivity index (χ1) is 8.63. The molecule has 0 atom stereocenters. The summed E-state index contributed by atoms with van der Waals surface area (Å²) in [5.41, 5.74) is 0.902. The molecule has 0 aliphatic rings. The van der Waals surface area contributed by atoms with E-state index in [1.807, 2.05) is 0 Å². The van der Waals surface area contributed by atoms with Crippen LogP contribution in [0.5, 0.6) is 11.5 Å². The lowest BCUT2D eigenvalue weighted by atomic mass is 10.2. The van der Waals surface area contributed by atoms with Crippen molar-refractivity contribution in [3.8, 4) is 11.5 Å². The zero-order valence-corrected chi connectivity index (χ0v) is 9.48. The molecule has 6 nitrogen and oxygen atoms in total. The Morgan fingerprint density at radius 1 is 1.33 bits per heavy atom. The second kappa shape index (κ2) is 5.22. The number of carboxylic acids is 1. The predicted molar refractivity (Wildman–Crippen MR) is 62.3 cm³/mol. The Hall–Kier alpha value is -2.50. The van der Waals surface area contributed by atoms with Crippen molar-refractivity contribution in [3.05, 3.63) is 42.2 Å². The van der Waals surface area contributed by atoms with Gasteiger partial charge >= 0.3 is 5.97 Å². The van der Waals surface area contributed by atoms with Crippen molar-refractivity contribution in [1.82, 2.24) is 9.78 Å². The van der Waals surface area contributed by atoms with E-state index in [9.17, 15) is 4.79 Å². The van der Waals surface area contributed by atoms with Crippen LogP contribution in [0.2, 0.25) is 0 Å². The second-order valence-electron chi connectivity index (χ2n) is 3.72. The normalized spacial score (nSPS) is 10.2. The first-order valence-corrected chi connectivity index (χ1v) is 5.28. The SMILES string of the molecule is O=C(O)Cn1cc(OCc2ccc(O)cc2)cn1. The number of hydrogen-bond donors (Lipinski definition) is 2. The molecule has 2 rings (SSSR count). The van der Waals surface area contributed by atoms with E-state index >= 15 is 0 Å². The van der Waals surface area contributed by atoms with Gasteiger partial charge in [0.2, 0.25) is 0 Å². The lowest BCUT2D eigenvalue weighted by Gasteiger charge is -2.03. The average molecular weight is 248 g/mol. The summed E-state index contributed by atoms with van der Waals surface area (Å²) in [4.78, 5) is 10.5. The Labute approximate surface area is 103 Å². The van der Waals surface area contributed by atoms with Crippen molar-refractivity contribution in [2.75, 3.05) is 0 Å². The van der Waals surface area contributed by atoms with Gasteiger partial charge in [-0.2, -0.15) is 5.10 Å². The molecule has 0 radical (unpaired) electrons. The van der Waals surface area contributed by atoms with E-state index in [-0.39, 0.29) is 12.3 Å². The average Bonchev–Trinajstić information content (AvgIpc) is 2.75. The number of aromatic nitrogens is 2. The van der Waals surface area contributed by atoms with E-state index in [1.165, 1.54) is 17.1 Å². The van der Waals surface area contributed by atoms with Gasteiger partial charge in [0.1, 0.15) is 18.9 Å². The monoisotopic (exact) mass is 248 g/mol. The maximum Gasteiger partial charge on any atom is 0.325 e. The third-order valence-corrected chi connectivity index (χ3v) is 2.25. The fraction of sp³-hybridized carbons (Fsp3) is 0.167. The van der Waals surface area contributed by atoms with Gasteiger partial charge in [-0.3, -0.25) is 9.48 Å². The van der Waals surface area contributed by atoms with Crippen LogP contribution < -0.4 is 4.74 Å². The molecule has 1 aromatic carbocycles. The van der Waals surface area contributed by atoms with E-state index < -0.39 is 5.97 Å². The Balaban J connectivity index is 1.92. The molecule has 0 saturated carbocycles. The minimum atomic E-state index is -0.955. The highest BCUT2D eigenvalue weighted by Crippen LogP contribution is 2.13. The van der Waals surface area contributed by atoms with Crippen LogP contribution >= 0.6 is 0 Å². The highest BCUT2D eigenvalue weighted by atomic mass is 16.5. The quantitative estimate of drug-likeness (QED) is 0.831. The molecule has 0 amide bonds. The van der Waals surface area contributed by atoms with E-state index in [0.29, 0.717) is 12.4 Å². The Morgan fingerprint density at radius 3 is 2.72 bits per heavy atom. The number of phenols is 1. The molecular formula is C12H12N2O4. The van der Waals surface area contributed by atoms with E-state index in [4.69, 9.17) is 14.9 Å². The summed E-state index contributed by atoms with van der Waals surface area (Å²) in [6.45, 7) is 0.140. The van der Waals surface area contributed by atoms with Crippen LogP contribution in [0.15, 0.2) is 36.7 Å². The number of ether oxygens (including phenoxy) is 1. The maximum atomic E-state index is 10.5. The molecule has 2 aromatic rings. The van der Waals surface area contributed by atoms with Crippen molar-refractivity contribution < 1.29 is 19.7 Å². The minimum Gasteiger partial charge on any atom is -0.508 e. The number of nitrogens with zero attached hydrogens (tertiary/aromatic N) is 2. The third-order valence-electron chi connectivity index (χ3n) is 2.25. The fourth-order valence-corrected chi connectivity index (χ4v) is 1.40. The molecule has 0 bridgehead atoms. The van der Waals surface area contributed by atoms with Gasteiger partial charge in [0.05, 0.1) is 12.4 Å². The van der Waals surface area contributed by atoms with Gasteiger partial charge in [-0.1, -0.05) is 12.1 Å². The summed E-state index contributed by atoms with van der Waals surface area (Å²) >= 11 is 0. The number of hydrogen-bond acceptors (Lipinski definition) is 4. The van der Waals surface area contributed by atoms with Crippen molar-refractivity contribution in [2.24, 2.45) is 0 Å². The molecule has 0 fully saturated rings. The molecule has 0 spiro atoms. The van der Waals surface area contributed by atoms with Crippen molar-refractivity contribution in [2.45, 2.75) is 13.2 Å². The van der Waals surface area contributed by atoms with E-state index in [0.717, 1.165) is 5.56 Å². The van der Waals surface area contributed by atoms with Crippen LogP contribution in [0.3, 0.4) is 0 Å². The minimum absolute atomic E-state index is 0.192. The van der Waals surface area contributed by atoms with Crippen LogP contribution in [0.25, 0.3) is 0 Å². The smallest absolute Gasteiger partial charge is 0.325 e. The van der Waals surface area contributed by atoms with Crippen molar-refractivity contribution >= 4 is 5.97 Å². The molecule has 18 heavy (non-hydrogen) atoms. The molecule has 0 aliphatic heterocycles. The Bertz CT molecular complexity index is 533. The zero-order valence-electron chi connectivity index (χ0n) is 9.48. The standard InChI is InChI=1S/C12H12N2O4/c15-10-3-1-9(2-4-10)8-18-11-5-13-14(6-11)7-12(16)17/h1-6,15H,7-8H2,(H,16,17). The number of benzene rings is 1. The molecule has 6 heteroatoms. The second-order valence-corrected chi connectivity index (χ2v) is 3.72. The first kappa shape index (κ1) is 12.0. The zero-order chi connectivity index (χ0) is 13.0. The lowest BCUT2D eigenvalue weighted by Crippen LogP contribution is -2.08. The van der Waals surface area contributed by atoms with Gasteiger partial charge in [0.25, 0.3) is 0 Å². The fourth-order valence-electron chi connectivity index (χ4n) is 1.40. The number of carboxylic acid groups (broad SMARTS) is 1. The number of carbonyl (C=O) groups is 1. The maximum absolute atomic E-state index is 10.5. The van der Waals surface area contributed by atoms with Gasteiger partial charge in [-0.15, -0.1) is 0 Å². The summed E-state index contributed by atoms with van der Waals surface area (Å²) in [6.07, 6.45) is 2.98. The summed E-state index contributed by atoms with van der Waals surface area (Å²) in [6, 6.07) is 6.65. The molecule has 1 heterocycles. The van der Waals surface area contributed by atoms with E-state index in [1.54, 1.807) is 24.3 Å². The van der Waals surface area contributed by atoms with Crippen LogP contribution in [0.4, 0.5) is 0 Å². The van der Waals surface area contributed by atoms with Crippen LogP contribution in [0, 0.1) is 0 Å². The molecular weight excluding hydrogens is 236 g/mol. The molecule has 0 aliphatic carbocycles. The number of aromatic hydroxyl groups is 1. The molecule has 2 N–H and O–H groups in total. The Morgan fingerprint density at radius 2 is 2.06 bits per heavy atom.